The first-order valence-electron chi connectivity index (χ1n) is 4.33. The highest BCUT2D eigenvalue weighted by molar-refractivity contribution is 6.34. The fourth-order valence-electron chi connectivity index (χ4n) is 1.41. The van der Waals surface area contributed by atoms with Crippen molar-refractivity contribution in [3.63, 3.8) is 0 Å². The predicted octanol–water partition coefficient (Wildman–Crippen LogP) is 2.22. The summed E-state index contributed by atoms with van der Waals surface area (Å²) in [6.07, 6.45) is 1.38. The summed E-state index contributed by atoms with van der Waals surface area (Å²) in [4.78, 5) is 10.3. The lowest BCUT2D eigenvalue weighted by Crippen LogP contribution is -1.95. The third-order valence-corrected chi connectivity index (χ3v) is 2.42. The number of aromatic nitrogens is 2. The molecule has 16 heavy (non-hydrogen) atoms. The minimum absolute atomic E-state index is 0.108. The van der Waals surface area contributed by atoms with Gasteiger partial charge in [0, 0.05) is 6.07 Å². The molecule has 1 aromatic carbocycles. The van der Waals surface area contributed by atoms with Gasteiger partial charge in [0.2, 0.25) is 0 Å². The van der Waals surface area contributed by atoms with E-state index in [-0.39, 0.29) is 16.3 Å². The van der Waals surface area contributed by atoms with Crippen LogP contribution in [0.25, 0.3) is 11.3 Å². The van der Waals surface area contributed by atoms with E-state index in [1.54, 1.807) is 6.07 Å². The molecule has 0 amide bonds. The quantitative estimate of drug-likeness (QED) is 0.619. The molecule has 82 valence electrons. The second-order valence-corrected chi connectivity index (χ2v) is 3.50. The van der Waals surface area contributed by atoms with Gasteiger partial charge in [-0.2, -0.15) is 5.10 Å². The van der Waals surface area contributed by atoms with E-state index >= 15 is 0 Å². The van der Waals surface area contributed by atoms with Crippen LogP contribution in [0.5, 0.6) is 0 Å². The van der Waals surface area contributed by atoms with Crippen LogP contribution in [0.15, 0.2) is 24.4 Å². The molecule has 0 aliphatic carbocycles. The number of nitrogens with one attached hydrogen (secondary N) is 1. The summed E-state index contributed by atoms with van der Waals surface area (Å²) in [5.41, 5.74) is 6.46. The van der Waals surface area contributed by atoms with Crippen molar-refractivity contribution < 1.29 is 4.92 Å². The summed E-state index contributed by atoms with van der Waals surface area (Å²) < 4.78 is 0. The van der Waals surface area contributed by atoms with Crippen LogP contribution in [0.1, 0.15) is 0 Å². The molecule has 0 aliphatic rings. The van der Waals surface area contributed by atoms with Crippen LogP contribution in [-0.4, -0.2) is 15.1 Å². The molecule has 0 unspecified atom stereocenters. The number of nitro benzene ring substituents is 1. The molecular weight excluding hydrogens is 232 g/mol. The summed E-state index contributed by atoms with van der Waals surface area (Å²) in [6.45, 7) is 0. The van der Waals surface area contributed by atoms with E-state index in [1.807, 2.05) is 0 Å². The van der Waals surface area contributed by atoms with E-state index in [2.05, 4.69) is 10.2 Å². The first kappa shape index (κ1) is 10.4. The zero-order chi connectivity index (χ0) is 11.7. The topological polar surface area (TPSA) is 97.8 Å². The number of anilines is 1. The Morgan fingerprint density at radius 2 is 2.25 bits per heavy atom. The smallest absolute Gasteiger partial charge is 0.280 e. The van der Waals surface area contributed by atoms with Crippen LogP contribution in [0, 0.1) is 10.1 Å². The molecule has 1 heterocycles. The van der Waals surface area contributed by atoms with Gasteiger partial charge in [0.05, 0.1) is 33.1 Å². The highest BCUT2D eigenvalue weighted by Gasteiger charge is 2.21. The van der Waals surface area contributed by atoms with Crippen molar-refractivity contribution >= 4 is 23.0 Å². The summed E-state index contributed by atoms with van der Waals surface area (Å²) >= 11 is 5.93. The maximum Gasteiger partial charge on any atom is 0.280 e. The molecule has 0 saturated heterocycles. The predicted molar refractivity (Wildman–Crippen MR) is 60.1 cm³/mol. The Morgan fingerprint density at radius 1 is 1.50 bits per heavy atom. The van der Waals surface area contributed by atoms with E-state index in [0.29, 0.717) is 11.4 Å². The molecule has 0 bridgehead atoms. The van der Waals surface area contributed by atoms with Crippen molar-refractivity contribution in [3.05, 3.63) is 39.5 Å². The van der Waals surface area contributed by atoms with Crippen LogP contribution in [0.2, 0.25) is 5.02 Å². The number of nitrogen functional groups attached to an aromatic ring is 1. The second kappa shape index (κ2) is 3.82. The van der Waals surface area contributed by atoms with E-state index in [9.17, 15) is 10.1 Å². The van der Waals surface area contributed by atoms with Gasteiger partial charge in [-0.3, -0.25) is 15.2 Å². The lowest BCUT2D eigenvalue weighted by atomic mass is 10.1. The Balaban J connectivity index is 2.73. The van der Waals surface area contributed by atoms with E-state index in [0.717, 1.165) is 0 Å². The molecular formula is C9H7ClN4O2. The molecule has 1 aromatic heterocycles. The van der Waals surface area contributed by atoms with Gasteiger partial charge in [-0.1, -0.05) is 17.7 Å². The van der Waals surface area contributed by atoms with Crippen molar-refractivity contribution in [1.82, 2.24) is 10.2 Å². The van der Waals surface area contributed by atoms with Gasteiger partial charge in [-0.15, -0.1) is 0 Å². The first-order valence-corrected chi connectivity index (χ1v) is 4.71. The number of hydrogen-bond donors (Lipinski definition) is 2. The van der Waals surface area contributed by atoms with Gasteiger partial charge in [0.15, 0.2) is 0 Å². The van der Waals surface area contributed by atoms with Gasteiger partial charge < -0.3 is 5.73 Å². The molecule has 7 heteroatoms. The monoisotopic (exact) mass is 238 g/mol. The number of nitrogens with zero attached hydrogens (tertiary/aromatic N) is 2. The minimum Gasteiger partial charge on any atom is -0.396 e. The Bertz CT molecular complexity index is 552. The zero-order valence-corrected chi connectivity index (χ0v) is 8.73. The number of rotatable bonds is 2. The second-order valence-electron chi connectivity index (χ2n) is 3.09. The largest absolute Gasteiger partial charge is 0.396 e. The maximum absolute atomic E-state index is 10.9. The van der Waals surface area contributed by atoms with Gasteiger partial charge in [-0.05, 0) is 6.07 Å². The molecule has 6 nitrogen and oxygen atoms in total. The number of halogens is 1. The normalized spacial score (nSPS) is 10.3. The van der Waals surface area contributed by atoms with Crippen LogP contribution < -0.4 is 5.73 Å². The van der Waals surface area contributed by atoms with E-state index in [4.69, 9.17) is 17.3 Å². The van der Waals surface area contributed by atoms with Crippen molar-refractivity contribution in [2.75, 3.05) is 5.73 Å². The van der Waals surface area contributed by atoms with Crippen molar-refractivity contribution in [1.29, 1.82) is 0 Å². The molecule has 2 aromatic rings. The van der Waals surface area contributed by atoms with E-state index < -0.39 is 4.92 Å². The van der Waals surface area contributed by atoms with Gasteiger partial charge in [-0.25, -0.2) is 0 Å². The SMILES string of the molecule is Nc1cn[nH]c1-c1c(Cl)cccc1[N+](=O)[O-]. The highest BCUT2D eigenvalue weighted by Crippen LogP contribution is 2.37. The lowest BCUT2D eigenvalue weighted by Gasteiger charge is -2.03. The standard InChI is InChI=1S/C9H7ClN4O2/c10-5-2-1-3-7(14(15)16)8(5)9-6(11)4-12-13-9/h1-4H,11H2,(H,12,13). The number of nitro groups is 1. The molecule has 0 radical (unpaired) electrons. The van der Waals surface area contributed by atoms with E-state index in [1.165, 1.54) is 18.3 Å². The third kappa shape index (κ3) is 1.59. The molecule has 2 rings (SSSR count). The molecule has 0 fully saturated rings. The summed E-state index contributed by atoms with van der Waals surface area (Å²) in [5, 5.41) is 17.4. The fraction of sp³-hybridized carbons (Fsp3) is 0. The number of benzene rings is 1. The zero-order valence-electron chi connectivity index (χ0n) is 7.98. The van der Waals surface area contributed by atoms with Gasteiger partial charge in [0.25, 0.3) is 5.69 Å². The summed E-state index contributed by atoms with van der Waals surface area (Å²) in [5.74, 6) is 0. The Hall–Kier alpha value is -2.08. The maximum atomic E-state index is 10.9. The Labute approximate surface area is 95.2 Å². The number of hydrogen-bond acceptors (Lipinski definition) is 4. The van der Waals surface area contributed by atoms with Crippen molar-refractivity contribution in [2.45, 2.75) is 0 Å². The van der Waals surface area contributed by atoms with Gasteiger partial charge >= 0.3 is 0 Å². The molecule has 0 aliphatic heterocycles. The average Bonchev–Trinajstić information content (AvgIpc) is 2.64. The third-order valence-electron chi connectivity index (χ3n) is 2.11. The summed E-state index contributed by atoms with van der Waals surface area (Å²) in [6, 6.07) is 4.43. The molecule has 0 saturated carbocycles. The molecule has 3 N–H and O–H groups in total. The molecule has 0 spiro atoms. The number of nitrogens with two attached hydrogens (primary N) is 1. The Morgan fingerprint density at radius 3 is 2.81 bits per heavy atom. The first-order chi connectivity index (χ1) is 7.61. The van der Waals surface area contributed by atoms with Crippen molar-refractivity contribution in [3.8, 4) is 11.3 Å². The average molecular weight is 239 g/mol. The van der Waals surface area contributed by atoms with Crippen LogP contribution in [0.3, 0.4) is 0 Å². The van der Waals surface area contributed by atoms with Crippen LogP contribution >= 0.6 is 11.6 Å². The number of aromatic amines is 1. The minimum atomic E-state index is -0.512. The fourth-order valence-corrected chi connectivity index (χ4v) is 1.67. The lowest BCUT2D eigenvalue weighted by molar-refractivity contribution is -0.384. The van der Waals surface area contributed by atoms with Crippen LogP contribution in [-0.2, 0) is 0 Å². The Kier molecular flexibility index (Phi) is 2.49. The highest BCUT2D eigenvalue weighted by atomic mass is 35.5. The number of H-pyrrole nitrogens is 1. The molecule has 0 atom stereocenters. The van der Waals surface area contributed by atoms with Gasteiger partial charge in [0.1, 0.15) is 0 Å². The van der Waals surface area contributed by atoms with Crippen molar-refractivity contribution in [2.24, 2.45) is 0 Å². The summed E-state index contributed by atoms with van der Waals surface area (Å²) in [7, 11) is 0. The van der Waals surface area contributed by atoms with Crippen LogP contribution in [0.4, 0.5) is 11.4 Å².